The molecule has 3 N–H and O–H groups in total. The molecular weight excluding hydrogens is 352 g/mol. The van der Waals surface area contributed by atoms with Gasteiger partial charge in [-0.3, -0.25) is 4.79 Å². The number of nitrogens with one attached hydrogen (secondary N) is 1. The Balaban J connectivity index is 2.06. The van der Waals surface area contributed by atoms with E-state index in [0.717, 1.165) is 18.5 Å². The van der Waals surface area contributed by atoms with Crippen LogP contribution in [-0.4, -0.2) is 32.8 Å². The van der Waals surface area contributed by atoms with Gasteiger partial charge in [-0.1, -0.05) is 41.9 Å². The molecule has 0 spiro atoms. The van der Waals surface area contributed by atoms with Crippen molar-refractivity contribution < 1.29 is 19.6 Å². The monoisotopic (exact) mass is 377 g/mol. The second-order valence-electron chi connectivity index (χ2n) is 5.80. The van der Waals surface area contributed by atoms with Crippen molar-refractivity contribution in [2.45, 2.75) is 19.4 Å². The highest BCUT2D eigenvalue weighted by Gasteiger charge is 2.24. The average Bonchev–Trinajstić information content (AvgIpc) is 2.65. The van der Waals surface area contributed by atoms with E-state index in [2.05, 4.69) is 5.32 Å². The first-order valence-electron chi connectivity index (χ1n) is 8.76. The molecule has 2 aromatic rings. The zero-order chi connectivity index (χ0) is 18.8. The van der Waals surface area contributed by atoms with Gasteiger partial charge in [0.25, 0.3) is 5.91 Å². The summed E-state index contributed by atoms with van der Waals surface area (Å²) in [6.45, 7) is 4.19. The Labute approximate surface area is 159 Å². The van der Waals surface area contributed by atoms with Crippen LogP contribution in [0, 0.1) is 0 Å². The van der Waals surface area contributed by atoms with Crippen LogP contribution >= 0.6 is 11.6 Å². The first-order chi connectivity index (χ1) is 12.7. The van der Waals surface area contributed by atoms with E-state index >= 15 is 0 Å². The van der Waals surface area contributed by atoms with Crippen molar-refractivity contribution in [2.24, 2.45) is 0 Å². The van der Waals surface area contributed by atoms with Gasteiger partial charge >= 0.3 is 0 Å². The number of hydrogen-bond acceptors (Lipinski definition) is 3. The van der Waals surface area contributed by atoms with Crippen molar-refractivity contribution >= 4 is 23.2 Å². The lowest BCUT2D eigenvalue weighted by Gasteiger charge is -2.16. The van der Waals surface area contributed by atoms with Crippen molar-refractivity contribution in [3.05, 3.63) is 59.1 Å². The molecule has 0 saturated carbocycles. The third-order valence-corrected chi connectivity index (χ3v) is 4.26. The van der Waals surface area contributed by atoms with Crippen molar-refractivity contribution in [1.82, 2.24) is 0 Å². The molecule has 6 heteroatoms. The van der Waals surface area contributed by atoms with E-state index in [1.807, 2.05) is 42.6 Å². The molecular formula is C20H26ClN2O3+. The Morgan fingerprint density at radius 3 is 2.65 bits per heavy atom. The van der Waals surface area contributed by atoms with Crippen LogP contribution in [0.15, 0.2) is 48.5 Å². The van der Waals surface area contributed by atoms with E-state index in [9.17, 15) is 4.79 Å². The summed E-state index contributed by atoms with van der Waals surface area (Å²) in [4.78, 5) is 12.9. The van der Waals surface area contributed by atoms with E-state index < -0.39 is 0 Å². The number of carbonyl (C=O) groups is 1. The Morgan fingerprint density at radius 2 is 2.00 bits per heavy atom. The van der Waals surface area contributed by atoms with Gasteiger partial charge in [-0.05, 0) is 25.1 Å². The molecule has 140 valence electrons. The molecule has 0 aromatic heterocycles. The number of carbonyl (C=O) groups excluding carboxylic acids is 1. The summed E-state index contributed by atoms with van der Waals surface area (Å²) in [6, 6.07) is 14.6. The largest absolute Gasteiger partial charge is 0.495 e. The molecule has 0 unspecified atom stereocenters. The molecule has 2 rings (SSSR count). The molecule has 0 aliphatic rings. The zero-order valence-electron chi connectivity index (χ0n) is 15.2. The van der Waals surface area contributed by atoms with Crippen LogP contribution < -0.4 is 15.4 Å². The molecule has 0 fully saturated rings. The second kappa shape index (κ2) is 10.8. The molecule has 2 aromatic carbocycles. The van der Waals surface area contributed by atoms with Crippen LogP contribution in [-0.2, 0) is 9.53 Å². The van der Waals surface area contributed by atoms with Crippen molar-refractivity contribution in [3.63, 3.8) is 0 Å². The van der Waals surface area contributed by atoms with Gasteiger partial charge in [-0.25, -0.2) is 0 Å². The lowest BCUT2D eigenvalue weighted by atomic mass is 10.1. The summed E-state index contributed by atoms with van der Waals surface area (Å²) >= 11 is 6.14. The van der Waals surface area contributed by atoms with Crippen LogP contribution in [0.4, 0.5) is 5.69 Å². The molecule has 1 atom stereocenters. The van der Waals surface area contributed by atoms with Gasteiger partial charge in [0.1, 0.15) is 5.75 Å². The quantitative estimate of drug-likeness (QED) is 0.625. The van der Waals surface area contributed by atoms with Gasteiger partial charge in [0.15, 0.2) is 6.04 Å². The minimum atomic E-state index is -0.335. The molecule has 5 nitrogen and oxygen atoms in total. The summed E-state index contributed by atoms with van der Waals surface area (Å²) in [5.41, 5.74) is 1.60. The predicted molar refractivity (Wildman–Crippen MR) is 104 cm³/mol. The topological polar surface area (TPSA) is 64.2 Å². The molecule has 0 aliphatic carbocycles. The number of benzene rings is 2. The van der Waals surface area contributed by atoms with E-state index in [0.29, 0.717) is 29.7 Å². The number of ether oxygens (including phenoxy) is 2. The molecule has 0 aliphatic heterocycles. The number of quaternary nitrogens is 1. The number of amides is 1. The summed E-state index contributed by atoms with van der Waals surface area (Å²) in [7, 11) is 1.56. The Bertz CT molecular complexity index is 695. The molecule has 1 amide bonds. The summed E-state index contributed by atoms with van der Waals surface area (Å²) in [5, 5.41) is 5.44. The third kappa shape index (κ3) is 6.02. The number of nitrogens with two attached hydrogens (primary N) is 1. The summed E-state index contributed by atoms with van der Waals surface area (Å²) < 4.78 is 10.5. The Hall–Kier alpha value is -2.08. The number of halogens is 1. The van der Waals surface area contributed by atoms with E-state index in [4.69, 9.17) is 21.1 Å². The highest BCUT2D eigenvalue weighted by molar-refractivity contribution is 6.32. The normalized spacial score (nSPS) is 11.8. The SMILES string of the molecule is CCOCCC[NH2+][C@@H](C(=O)Nc1ccc(OC)c(Cl)c1)c1ccccc1. The lowest BCUT2D eigenvalue weighted by Crippen LogP contribution is -2.87. The average molecular weight is 378 g/mol. The molecule has 0 radical (unpaired) electrons. The molecule has 0 saturated heterocycles. The smallest absolute Gasteiger partial charge is 0.287 e. The van der Waals surface area contributed by atoms with Crippen LogP contribution in [0.5, 0.6) is 5.75 Å². The highest BCUT2D eigenvalue weighted by atomic mass is 35.5. The zero-order valence-corrected chi connectivity index (χ0v) is 16.0. The maximum absolute atomic E-state index is 12.9. The van der Waals surface area contributed by atoms with Gasteiger partial charge in [0.05, 0.1) is 25.3 Å². The van der Waals surface area contributed by atoms with Crippen molar-refractivity contribution in [3.8, 4) is 5.75 Å². The maximum Gasteiger partial charge on any atom is 0.287 e. The second-order valence-corrected chi connectivity index (χ2v) is 6.21. The van der Waals surface area contributed by atoms with Crippen LogP contribution in [0.3, 0.4) is 0 Å². The summed E-state index contributed by atoms with van der Waals surface area (Å²) in [6.07, 6.45) is 0.888. The predicted octanol–water partition coefficient (Wildman–Crippen LogP) is 3.02. The molecule has 26 heavy (non-hydrogen) atoms. The minimum absolute atomic E-state index is 0.0890. The minimum Gasteiger partial charge on any atom is -0.495 e. The van der Waals surface area contributed by atoms with Crippen LogP contribution in [0.1, 0.15) is 24.9 Å². The standard InChI is InChI=1S/C20H25ClN2O3/c1-3-26-13-7-12-22-19(15-8-5-4-6-9-15)20(24)23-16-10-11-18(25-2)17(21)14-16/h4-6,8-11,14,19,22H,3,7,12-13H2,1-2H3,(H,23,24)/p+1/t19-/m1/s1. The first kappa shape index (κ1) is 20.2. The maximum atomic E-state index is 12.9. The van der Waals surface area contributed by atoms with Gasteiger partial charge in [0, 0.05) is 24.3 Å². The first-order valence-corrected chi connectivity index (χ1v) is 9.14. The number of methoxy groups -OCH3 is 1. The van der Waals surface area contributed by atoms with E-state index in [-0.39, 0.29) is 11.9 Å². The van der Waals surface area contributed by atoms with Crippen molar-refractivity contribution in [2.75, 3.05) is 32.2 Å². The van der Waals surface area contributed by atoms with Gasteiger partial charge in [0.2, 0.25) is 0 Å². The fraction of sp³-hybridized carbons (Fsp3) is 0.350. The Kier molecular flexibility index (Phi) is 8.41. The fourth-order valence-electron chi connectivity index (χ4n) is 2.63. The lowest BCUT2D eigenvalue weighted by molar-refractivity contribution is -0.682. The fourth-order valence-corrected chi connectivity index (χ4v) is 2.89. The number of anilines is 1. The van der Waals surface area contributed by atoms with Crippen LogP contribution in [0.2, 0.25) is 5.02 Å². The highest BCUT2D eigenvalue weighted by Crippen LogP contribution is 2.27. The van der Waals surface area contributed by atoms with E-state index in [1.165, 1.54) is 0 Å². The molecule has 0 heterocycles. The summed E-state index contributed by atoms with van der Waals surface area (Å²) in [5.74, 6) is 0.487. The van der Waals surface area contributed by atoms with Gasteiger partial charge in [-0.15, -0.1) is 0 Å². The van der Waals surface area contributed by atoms with Crippen LogP contribution in [0.25, 0.3) is 0 Å². The number of rotatable bonds is 10. The van der Waals surface area contributed by atoms with Gasteiger partial charge < -0.3 is 20.1 Å². The third-order valence-electron chi connectivity index (χ3n) is 3.96. The molecule has 0 bridgehead atoms. The Morgan fingerprint density at radius 1 is 1.23 bits per heavy atom. The number of hydrogen-bond donors (Lipinski definition) is 2. The van der Waals surface area contributed by atoms with E-state index in [1.54, 1.807) is 25.3 Å². The van der Waals surface area contributed by atoms with Gasteiger partial charge in [-0.2, -0.15) is 0 Å². The van der Waals surface area contributed by atoms with Crippen molar-refractivity contribution in [1.29, 1.82) is 0 Å².